The Kier molecular flexibility index (Phi) is 5.66. The fourth-order valence-corrected chi connectivity index (χ4v) is 2.48. The maximum absolute atomic E-state index is 2.62. The number of rotatable bonds is 5. The van der Waals surface area contributed by atoms with Crippen molar-refractivity contribution < 1.29 is 0 Å². The van der Waals surface area contributed by atoms with E-state index in [1.54, 1.807) is 0 Å². The number of likely N-dealkylation sites (tertiary alicyclic amines) is 1. The van der Waals surface area contributed by atoms with Crippen molar-refractivity contribution >= 4 is 0 Å². The minimum Gasteiger partial charge on any atom is -0.301 e. The summed E-state index contributed by atoms with van der Waals surface area (Å²) < 4.78 is 0. The predicted molar refractivity (Wildman–Crippen MR) is 68.1 cm³/mol. The van der Waals surface area contributed by atoms with Crippen LogP contribution in [0.3, 0.4) is 0 Å². The third-order valence-corrected chi connectivity index (χ3v) is 4.14. The van der Waals surface area contributed by atoms with E-state index >= 15 is 0 Å². The predicted octanol–water partition coefficient (Wildman–Crippen LogP) is 3.93. The van der Waals surface area contributed by atoms with Crippen LogP contribution in [0.1, 0.15) is 59.8 Å². The van der Waals surface area contributed by atoms with E-state index in [1.165, 1.54) is 45.2 Å². The maximum Gasteiger partial charge on any atom is 0.00385 e. The Balaban J connectivity index is 2.14. The Hall–Kier alpha value is -0.0400. The van der Waals surface area contributed by atoms with Crippen LogP contribution in [0.2, 0.25) is 0 Å². The van der Waals surface area contributed by atoms with E-state index in [2.05, 4.69) is 32.6 Å². The molecule has 1 aliphatic rings. The van der Waals surface area contributed by atoms with Crippen LogP contribution in [0.5, 0.6) is 0 Å². The Morgan fingerprint density at radius 2 is 1.73 bits per heavy atom. The quantitative estimate of drug-likeness (QED) is 0.666. The molecular weight excluding hydrogens is 182 g/mol. The summed E-state index contributed by atoms with van der Waals surface area (Å²) in [6, 6.07) is 0.750. The van der Waals surface area contributed by atoms with Crippen LogP contribution in [0, 0.1) is 11.8 Å². The molecular formula is C14H29N. The van der Waals surface area contributed by atoms with Gasteiger partial charge in [-0.15, -0.1) is 0 Å². The van der Waals surface area contributed by atoms with Crippen molar-refractivity contribution in [3.63, 3.8) is 0 Å². The van der Waals surface area contributed by atoms with Crippen LogP contribution in [0.4, 0.5) is 0 Å². The van der Waals surface area contributed by atoms with Crippen molar-refractivity contribution in [2.24, 2.45) is 11.8 Å². The summed E-state index contributed by atoms with van der Waals surface area (Å²) in [5, 5.41) is 0. The summed E-state index contributed by atoms with van der Waals surface area (Å²) in [6.07, 6.45) is 7.15. The SMILES string of the molecule is CCC(C)CCC1CCN(C(C)C)CC1. The Morgan fingerprint density at radius 1 is 1.13 bits per heavy atom. The second kappa shape index (κ2) is 6.52. The highest BCUT2D eigenvalue weighted by molar-refractivity contribution is 4.74. The first kappa shape index (κ1) is 13.0. The minimum atomic E-state index is 0.750. The van der Waals surface area contributed by atoms with Gasteiger partial charge in [0, 0.05) is 6.04 Å². The van der Waals surface area contributed by atoms with Gasteiger partial charge in [-0.3, -0.25) is 0 Å². The zero-order valence-electron chi connectivity index (χ0n) is 11.1. The van der Waals surface area contributed by atoms with Gasteiger partial charge in [0.05, 0.1) is 0 Å². The summed E-state index contributed by atoms with van der Waals surface area (Å²) in [6.45, 7) is 12.0. The molecule has 1 saturated heterocycles. The van der Waals surface area contributed by atoms with Gasteiger partial charge < -0.3 is 4.90 Å². The Bertz CT molecular complexity index is 157. The highest BCUT2D eigenvalue weighted by atomic mass is 15.1. The Labute approximate surface area is 96.2 Å². The summed E-state index contributed by atoms with van der Waals surface area (Å²) in [5.74, 6) is 1.96. The highest BCUT2D eigenvalue weighted by Gasteiger charge is 2.20. The second-order valence-corrected chi connectivity index (χ2v) is 5.66. The smallest absolute Gasteiger partial charge is 0.00385 e. The standard InChI is InChI=1S/C14H29N/c1-5-13(4)6-7-14-8-10-15(11-9-14)12(2)3/h12-14H,5-11H2,1-4H3. The fourth-order valence-electron chi connectivity index (χ4n) is 2.48. The molecule has 0 amide bonds. The first-order valence-electron chi connectivity index (χ1n) is 6.87. The summed E-state index contributed by atoms with van der Waals surface area (Å²) in [4.78, 5) is 2.62. The summed E-state index contributed by atoms with van der Waals surface area (Å²) in [5.41, 5.74) is 0. The van der Waals surface area contributed by atoms with E-state index in [-0.39, 0.29) is 0 Å². The highest BCUT2D eigenvalue weighted by Crippen LogP contribution is 2.25. The number of piperidine rings is 1. The zero-order valence-corrected chi connectivity index (χ0v) is 11.1. The van der Waals surface area contributed by atoms with E-state index in [4.69, 9.17) is 0 Å². The lowest BCUT2D eigenvalue weighted by Crippen LogP contribution is -2.38. The molecule has 0 aromatic rings. The average Bonchev–Trinajstić information content (AvgIpc) is 2.26. The van der Waals surface area contributed by atoms with Crippen molar-refractivity contribution in [2.75, 3.05) is 13.1 Å². The number of nitrogens with zero attached hydrogens (tertiary/aromatic N) is 1. The van der Waals surface area contributed by atoms with Gasteiger partial charge in [-0.2, -0.15) is 0 Å². The monoisotopic (exact) mass is 211 g/mol. The van der Waals surface area contributed by atoms with E-state index in [0.29, 0.717) is 0 Å². The van der Waals surface area contributed by atoms with Gasteiger partial charge in [-0.05, 0) is 51.6 Å². The molecule has 1 heterocycles. The minimum absolute atomic E-state index is 0.750. The van der Waals surface area contributed by atoms with Gasteiger partial charge in [0.2, 0.25) is 0 Å². The lowest BCUT2D eigenvalue weighted by molar-refractivity contribution is 0.142. The van der Waals surface area contributed by atoms with Crippen LogP contribution in [0.25, 0.3) is 0 Å². The molecule has 1 heteroatoms. The molecule has 1 atom stereocenters. The lowest BCUT2D eigenvalue weighted by atomic mass is 9.88. The van der Waals surface area contributed by atoms with Crippen molar-refractivity contribution in [1.29, 1.82) is 0 Å². The lowest BCUT2D eigenvalue weighted by Gasteiger charge is -2.34. The third-order valence-electron chi connectivity index (χ3n) is 4.14. The molecule has 1 unspecified atom stereocenters. The first-order valence-corrected chi connectivity index (χ1v) is 6.87. The van der Waals surface area contributed by atoms with E-state index < -0.39 is 0 Å². The second-order valence-electron chi connectivity index (χ2n) is 5.66. The average molecular weight is 211 g/mol. The molecule has 0 bridgehead atoms. The maximum atomic E-state index is 2.62. The van der Waals surface area contributed by atoms with Crippen LogP contribution in [-0.4, -0.2) is 24.0 Å². The molecule has 0 N–H and O–H groups in total. The summed E-state index contributed by atoms with van der Waals surface area (Å²) in [7, 11) is 0. The van der Waals surface area contributed by atoms with Crippen LogP contribution in [-0.2, 0) is 0 Å². The fraction of sp³-hybridized carbons (Fsp3) is 1.00. The Morgan fingerprint density at radius 3 is 2.20 bits per heavy atom. The van der Waals surface area contributed by atoms with Crippen LogP contribution >= 0.6 is 0 Å². The van der Waals surface area contributed by atoms with Gasteiger partial charge >= 0.3 is 0 Å². The van der Waals surface area contributed by atoms with Crippen LogP contribution in [0.15, 0.2) is 0 Å². The topological polar surface area (TPSA) is 3.24 Å². The van der Waals surface area contributed by atoms with Gasteiger partial charge in [-0.1, -0.05) is 33.1 Å². The van der Waals surface area contributed by atoms with Gasteiger partial charge in [0.15, 0.2) is 0 Å². The van der Waals surface area contributed by atoms with Crippen molar-refractivity contribution in [1.82, 2.24) is 4.90 Å². The molecule has 0 aromatic carbocycles. The normalized spacial score (nSPS) is 22.2. The molecule has 90 valence electrons. The molecule has 1 fully saturated rings. The molecule has 1 rings (SSSR count). The molecule has 0 aromatic heterocycles. The molecule has 15 heavy (non-hydrogen) atoms. The van der Waals surface area contributed by atoms with Gasteiger partial charge in [0.1, 0.15) is 0 Å². The molecule has 0 radical (unpaired) electrons. The van der Waals surface area contributed by atoms with Crippen molar-refractivity contribution in [2.45, 2.75) is 65.8 Å². The molecule has 1 aliphatic heterocycles. The number of hydrogen-bond donors (Lipinski definition) is 0. The molecule has 0 saturated carbocycles. The third kappa shape index (κ3) is 4.55. The van der Waals surface area contributed by atoms with Gasteiger partial charge in [0.25, 0.3) is 0 Å². The first-order chi connectivity index (χ1) is 7.13. The molecule has 0 spiro atoms. The van der Waals surface area contributed by atoms with Crippen LogP contribution < -0.4 is 0 Å². The molecule has 1 nitrogen and oxygen atoms in total. The van der Waals surface area contributed by atoms with E-state index in [9.17, 15) is 0 Å². The van der Waals surface area contributed by atoms with Crippen molar-refractivity contribution in [3.8, 4) is 0 Å². The number of hydrogen-bond acceptors (Lipinski definition) is 1. The largest absolute Gasteiger partial charge is 0.301 e. The van der Waals surface area contributed by atoms with E-state index in [0.717, 1.165) is 17.9 Å². The van der Waals surface area contributed by atoms with Gasteiger partial charge in [-0.25, -0.2) is 0 Å². The van der Waals surface area contributed by atoms with E-state index in [1.807, 2.05) is 0 Å². The molecule has 0 aliphatic carbocycles. The van der Waals surface area contributed by atoms with Crippen molar-refractivity contribution in [3.05, 3.63) is 0 Å². The zero-order chi connectivity index (χ0) is 11.3. The summed E-state index contributed by atoms with van der Waals surface area (Å²) >= 11 is 0.